The van der Waals surface area contributed by atoms with Crippen LogP contribution in [0.15, 0.2) is 0 Å². The minimum atomic E-state index is -0.0237. The number of thioether (sulfide) groups is 1. The lowest BCUT2D eigenvalue weighted by Crippen LogP contribution is -2.33. The maximum Gasteiger partial charge on any atom is 0.239 e. The van der Waals surface area contributed by atoms with Crippen molar-refractivity contribution in [2.75, 3.05) is 18.1 Å². The van der Waals surface area contributed by atoms with Crippen LogP contribution in [0.25, 0.3) is 0 Å². The summed E-state index contributed by atoms with van der Waals surface area (Å²) in [5.74, 6) is 1.34. The molecule has 68 valence electrons. The van der Waals surface area contributed by atoms with Crippen molar-refractivity contribution in [1.29, 1.82) is 0 Å². The molecule has 0 bridgehead atoms. The maximum atomic E-state index is 11.3. The van der Waals surface area contributed by atoms with E-state index in [-0.39, 0.29) is 11.8 Å². The molecule has 0 spiro atoms. The standard InChI is InChI=1S/C8H13NO2S/c1-2-12-6-8(11)9-5-3-4-7(9)10/h2-6H2,1H3. The Bertz CT molecular complexity index is 193. The van der Waals surface area contributed by atoms with E-state index in [4.69, 9.17) is 0 Å². The van der Waals surface area contributed by atoms with Gasteiger partial charge in [-0.05, 0) is 12.2 Å². The van der Waals surface area contributed by atoms with Crippen LogP contribution < -0.4 is 0 Å². The van der Waals surface area contributed by atoms with Gasteiger partial charge >= 0.3 is 0 Å². The number of carbonyl (C=O) groups is 2. The van der Waals surface area contributed by atoms with E-state index >= 15 is 0 Å². The van der Waals surface area contributed by atoms with Crippen molar-refractivity contribution >= 4 is 23.6 Å². The summed E-state index contributed by atoms with van der Waals surface area (Å²) in [5, 5.41) is 0. The molecule has 3 nitrogen and oxygen atoms in total. The molecule has 1 fully saturated rings. The highest BCUT2D eigenvalue weighted by molar-refractivity contribution is 7.99. The third-order valence-electron chi connectivity index (χ3n) is 1.80. The van der Waals surface area contributed by atoms with Crippen molar-refractivity contribution in [1.82, 2.24) is 4.90 Å². The van der Waals surface area contributed by atoms with E-state index in [9.17, 15) is 9.59 Å². The smallest absolute Gasteiger partial charge is 0.239 e. The average Bonchev–Trinajstić information content (AvgIpc) is 2.47. The number of nitrogens with zero attached hydrogens (tertiary/aromatic N) is 1. The van der Waals surface area contributed by atoms with E-state index in [0.717, 1.165) is 12.2 Å². The van der Waals surface area contributed by atoms with Crippen LogP contribution in [0.3, 0.4) is 0 Å². The van der Waals surface area contributed by atoms with E-state index < -0.39 is 0 Å². The lowest BCUT2D eigenvalue weighted by Gasteiger charge is -2.12. The van der Waals surface area contributed by atoms with Crippen LogP contribution in [0, 0.1) is 0 Å². The molecular formula is C8H13NO2S. The van der Waals surface area contributed by atoms with Gasteiger partial charge in [-0.3, -0.25) is 14.5 Å². The van der Waals surface area contributed by atoms with E-state index in [0.29, 0.717) is 18.7 Å². The summed E-state index contributed by atoms with van der Waals surface area (Å²) in [5.41, 5.74) is 0. The highest BCUT2D eigenvalue weighted by Gasteiger charge is 2.25. The molecule has 1 aliphatic rings. The summed E-state index contributed by atoms with van der Waals surface area (Å²) in [6, 6.07) is 0. The van der Waals surface area contributed by atoms with Crippen LogP contribution in [0.4, 0.5) is 0 Å². The molecule has 0 aromatic carbocycles. The number of hydrogen-bond donors (Lipinski definition) is 0. The van der Waals surface area contributed by atoms with Gasteiger partial charge in [0, 0.05) is 13.0 Å². The van der Waals surface area contributed by atoms with Gasteiger partial charge < -0.3 is 0 Å². The number of carbonyl (C=O) groups excluding carboxylic acids is 2. The zero-order chi connectivity index (χ0) is 8.97. The largest absolute Gasteiger partial charge is 0.282 e. The van der Waals surface area contributed by atoms with Gasteiger partial charge in [-0.2, -0.15) is 11.8 Å². The molecule has 1 heterocycles. The number of hydrogen-bond acceptors (Lipinski definition) is 3. The maximum absolute atomic E-state index is 11.3. The van der Waals surface area contributed by atoms with Crippen LogP contribution in [0.1, 0.15) is 19.8 Å². The van der Waals surface area contributed by atoms with Gasteiger partial charge in [0.25, 0.3) is 0 Å². The molecule has 1 saturated heterocycles. The second kappa shape index (κ2) is 4.50. The topological polar surface area (TPSA) is 37.4 Å². The lowest BCUT2D eigenvalue weighted by atomic mass is 10.4. The predicted molar refractivity (Wildman–Crippen MR) is 49.0 cm³/mol. The Kier molecular flexibility index (Phi) is 3.59. The van der Waals surface area contributed by atoms with Crippen molar-refractivity contribution in [3.05, 3.63) is 0 Å². The molecule has 0 N–H and O–H groups in total. The average molecular weight is 187 g/mol. The van der Waals surface area contributed by atoms with E-state index in [2.05, 4.69) is 0 Å². The summed E-state index contributed by atoms with van der Waals surface area (Å²) >= 11 is 1.56. The molecule has 4 heteroatoms. The van der Waals surface area contributed by atoms with Crippen LogP contribution in [0.2, 0.25) is 0 Å². The summed E-state index contributed by atoms with van der Waals surface area (Å²) in [7, 11) is 0. The summed E-state index contributed by atoms with van der Waals surface area (Å²) in [4.78, 5) is 23.8. The van der Waals surface area contributed by atoms with Crippen molar-refractivity contribution in [3.8, 4) is 0 Å². The summed E-state index contributed by atoms with van der Waals surface area (Å²) in [6.45, 7) is 2.63. The van der Waals surface area contributed by atoms with Crippen LogP contribution in [-0.4, -0.2) is 34.8 Å². The SMILES string of the molecule is CCSCC(=O)N1CCCC1=O. The Labute approximate surface area is 76.5 Å². The van der Waals surface area contributed by atoms with Crippen LogP contribution >= 0.6 is 11.8 Å². The molecule has 0 radical (unpaired) electrons. The third-order valence-corrected chi connectivity index (χ3v) is 2.66. The predicted octanol–water partition coefficient (Wildman–Crippen LogP) is 0.889. The molecule has 2 amide bonds. The minimum absolute atomic E-state index is 0.00305. The molecule has 1 aliphatic heterocycles. The van der Waals surface area contributed by atoms with Gasteiger partial charge in [0.1, 0.15) is 0 Å². The normalized spacial score (nSPS) is 17.1. The Hall–Kier alpha value is -0.510. The Balaban J connectivity index is 2.36. The fourth-order valence-corrected chi connectivity index (χ4v) is 1.71. The quantitative estimate of drug-likeness (QED) is 0.658. The fraction of sp³-hybridized carbons (Fsp3) is 0.750. The fourth-order valence-electron chi connectivity index (χ4n) is 1.18. The van der Waals surface area contributed by atoms with Gasteiger partial charge in [-0.25, -0.2) is 0 Å². The zero-order valence-corrected chi connectivity index (χ0v) is 8.02. The monoisotopic (exact) mass is 187 g/mol. The van der Waals surface area contributed by atoms with E-state index in [1.54, 1.807) is 11.8 Å². The Morgan fingerprint density at radius 1 is 1.67 bits per heavy atom. The van der Waals surface area contributed by atoms with Gasteiger partial charge in [-0.1, -0.05) is 6.92 Å². The molecule has 12 heavy (non-hydrogen) atoms. The number of amides is 2. The van der Waals surface area contributed by atoms with Gasteiger partial charge in [0.05, 0.1) is 5.75 Å². The van der Waals surface area contributed by atoms with Crippen LogP contribution in [-0.2, 0) is 9.59 Å². The first kappa shape index (κ1) is 9.58. The molecule has 0 aliphatic carbocycles. The first-order valence-corrected chi connectivity index (χ1v) is 5.32. The van der Waals surface area contributed by atoms with E-state index in [1.807, 2.05) is 6.92 Å². The van der Waals surface area contributed by atoms with Gasteiger partial charge in [-0.15, -0.1) is 0 Å². The first-order valence-electron chi connectivity index (χ1n) is 4.16. The number of imide groups is 1. The molecule has 0 atom stereocenters. The Morgan fingerprint density at radius 2 is 2.42 bits per heavy atom. The van der Waals surface area contributed by atoms with Crippen molar-refractivity contribution in [3.63, 3.8) is 0 Å². The number of likely N-dealkylation sites (tertiary alicyclic amines) is 1. The molecule has 1 rings (SSSR count). The zero-order valence-electron chi connectivity index (χ0n) is 7.21. The summed E-state index contributed by atoms with van der Waals surface area (Å²) < 4.78 is 0. The molecule has 0 aromatic heterocycles. The number of rotatable bonds is 3. The van der Waals surface area contributed by atoms with Crippen LogP contribution in [0.5, 0.6) is 0 Å². The third kappa shape index (κ3) is 2.24. The summed E-state index contributed by atoms with van der Waals surface area (Å²) in [6.07, 6.45) is 1.38. The van der Waals surface area contributed by atoms with Crippen molar-refractivity contribution < 1.29 is 9.59 Å². The second-order valence-electron chi connectivity index (χ2n) is 2.68. The molecule has 0 saturated carbocycles. The second-order valence-corrected chi connectivity index (χ2v) is 3.95. The highest BCUT2D eigenvalue weighted by Crippen LogP contribution is 2.11. The molecular weight excluding hydrogens is 174 g/mol. The Morgan fingerprint density at radius 3 is 2.92 bits per heavy atom. The van der Waals surface area contributed by atoms with Crippen molar-refractivity contribution in [2.45, 2.75) is 19.8 Å². The molecule has 0 unspecified atom stereocenters. The van der Waals surface area contributed by atoms with Gasteiger partial charge in [0.15, 0.2) is 0 Å². The lowest BCUT2D eigenvalue weighted by molar-refractivity contribution is -0.140. The first-order chi connectivity index (χ1) is 5.75. The highest BCUT2D eigenvalue weighted by atomic mass is 32.2. The minimum Gasteiger partial charge on any atom is -0.282 e. The molecule has 0 aromatic rings. The van der Waals surface area contributed by atoms with Gasteiger partial charge in [0.2, 0.25) is 11.8 Å². The van der Waals surface area contributed by atoms with E-state index in [1.165, 1.54) is 4.90 Å². The van der Waals surface area contributed by atoms with Crippen molar-refractivity contribution in [2.24, 2.45) is 0 Å².